The molecule has 31 heavy (non-hydrogen) atoms. The lowest BCUT2D eigenvalue weighted by atomic mass is 9.81. The lowest BCUT2D eigenvalue weighted by Crippen LogP contribution is -2.36. The first-order valence-corrected chi connectivity index (χ1v) is 10.5. The van der Waals surface area contributed by atoms with Crippen LogP contribution in [0.5, 0.6) is 0 Å². The van der Waals surface area contributed by atoms with Crippen LogP contribution in [0.15, 0.2) is 42.1 Å². The van der Waals surface area contributed by atoms with Gasteiger partial charge in [0.1, 0.15) is 17.9 Å². The number of amides is 2. The van der Waals surface area contributed by atoms with Gasteiger partial charge in [-0.25, -0.2) is 14.4 Å². The van der Waals surface area contributed by atoms with Crippen molar-refractivity contribution in [3.8, 4) is 0 Å². The van der Waals surface area contributed by atoms with Crippen molar-refractivity contribution in [3.05, 3.63) is 47.7 Å². The van der Waals surface area contributed by atoms with Crippen LogP contribution in [0.3, 0.4) is 0 Å². The van der Waals surface area contributed by atoms with Crippen molar-refractivity contribution < 1.29 is 29.0 Å². The molecule has 0 aliphatic heterocycles. The van der Waals surface area contributed by atoms with E-state index in [0.717, 1.165) is 31.2 Å². The van der Waals surface area contributed by atoms with Crippen molar-refractivity contribution in [1.82, 2.24) is 10.6 Å². The molecule has 0 unspecified atom stereocenters. The third-order valence-corrected chi connectivity index (χ3v) is 4.91. The molecule has 3 N–H and O–H groups in total. The minimum Gasteiger partial charge on any atom is -0.477 e. The Morgan fingerprint density at radius 3 is 2.29 bits per heavy atom. The topological polar surface area (TPSA) is 114 Å². The van der Waals surface area contributed by atoms with Crippen LogP contribution in [0.25, 0.3) is 0 Å². The second-order valence-corrected chi connectivity index (χ2v) is 8.74. The van der Waals surface area contributed by atoms with E-state index in [-0.39, 0.29) is 18.2 Å². The molecule has 0 atom stereocenters. The molecule has 0 bridgehead atoms. The number of rotatable bonds is 7. The van der Waals surface area contributed by atoms with E-state index >= 15 is 0 Å². The SMILES string of the molecule is CC(C)(C)OC(=O)NC[C@H]1CC[C@H](C=C(NC(=O)OCc2ccccc2)C(=O)O)CC1. The Balaban J connectivity index is 1.78. The summed E-state index contributed by atoms with van der Waals surface area (Å²) in [6.07, 6.45) is 3.61. The Morgan fingerprint density at radius 1 is 1.06 bits per heavy atom. The number of hydrogen-bond acceptors (Lipinski definition) is 5. The summed E-state index contributed by atoms with van der Waals surface area (Å²) in [5.41, 5.74) is 0.111. The van der Waals surface area contributed by atoms with E-state index in [1.54, 1.807) is 6.08 Å². The van der Waals surface area contributed by atoms with E-state index in [2.05, 4.69) is 10.6 Å². The number of benzene rings is 1. The lowest BCUT2D eigenvalue weighted by molar-refractivity contribution is -0.133. The van der Waals surface area contributed by atoms with E-state index in [1.165, 1.54) is 0 Å². The molecule has 1 aromatic rings. The van der Waals surface area contributed by atoms with Gasteiger partial charge in [0.25, 0.3) is 0 Å². The van der Waals surface area contributed by atoms with Crippen molar-refractivity contribution in [3.63, 3.8) is 0 Å². The van der Waals surface area contributed by atoms with E-state index < -0.39 is 23.8 Å². The normalized spacial score (nSPS) is 19.3. The molecule has 1 aromatic carbocycles. The molecule has 170 valence electrons. The maximum atomic E-state index is 12.0. The average molecular weight is 433 g/mol. The molecule has 2 amide bonds. The maximum Gasteiger partial charge on any atom is 0.412 e. The molecule has 1 fully saturated rings. The van der Waals surface area contributed by atoms with Gasteiger partial charge in [0.15, 0.2) is 0 Å². The van der Waals surface area contributed by atoms with Crippen molar-refractivity contribution in [2.75, 3.05) is 6.54 Å². The van der Waals surface area contributed by atoms with Crippen LogP contribution in [0.2, 0.25) is 0 Å². The van der Waals surface area contributed by atoms with Gasteiger partial charge in [0.2, 0.25) is 0 Å². The summed E-state index contributed by atoms with van der Waals surface area (Å²) >= 11 is 0. The summed E-state index contributed by atoms with van der Waals surface area (Å²) < 4.78 is 10.3. The third-order valence-electron chi connectivity index (χ3n) is 4.91. The second kappa shape index (κ2) is 11.4. The zero-order valence-corrected chi connectivity index (χ0v) is 18.3. The molecule has 0 aromatic heterocycles. The summed E-state index contributed by atoms with van der Waals surface area (Å²) in [5, 5.41) is 14.6. The number of nitrogens with one attached hydrogen (secondary N) is 2. The molecular formula is C23H32N2O6. The zero-order chi connectivity index (χ0) is 22.9. The van der Waals surface area contributed by atoms with E-state index in [9.17, 15) is 19.5 Å². The average Bonchev–Trinajstić information content (AvgIpc) is 2.70. The molecule has 1 saturated carbocycles. The molecule has 1 aliphatic carbocycles. The summed E-state index contributed by atoms with van der Waals surface area (Å²) in [7, 11) is 0. The number of carbonyl (C=O) groups is 3. The molecule has 0 spiro atoms. The Labute approximate surface area is 183 Å². The number of aliphatic carboxylic acids is 1. The van der Waals surface area contributed by atoms with Gasteiger partial charge in [-0.05, 0) is 63.9 Å². The predicted octanol–water partition coefficient (Wildman–Crippen LogP) is 4.21. The van der Waals surface area contributed by atoms with Crippen LogP contribution in [0, 0.1) is 11.8 Å². The number of carbonyl (C=O) groups excluding carboxylic acids is 2. The van der Waals surface area contributed by atoms with Gasteiger partial charge in [0.05, 0.1) is 0 Å². The summed E-state index contributed by atoms with van der Waals surface area (Å²) in [4.78, 5) is 35.3. The van der Waals surface area contributed by atoms with Crippen LogP contribution < -0.4 is 10.6 Å². The number of ether oxygens (including phenoxy) is 2. The number of alkyl carbamates (subject to hydrolysis) is 2. The minimum atomic E-state index is -1.20. The molecule has 8 heteroatoms. The van der Waals surface area contributed by atoms with Gasteiger partial charge < -0.3 is 19.9 Å². The number of carboxylic acids is 1. The first-order chi connectivity index (χ1) is 14.6. The highest BCUT2D eigenvalue weighted by atomic mass is 16.6. The van der Waals surface area contributed by atoms with Gasteiger partial charge in [-0.2, -0.15) is 0 Å². The standard InChI is InChI=1S/C23H32N2O6/c1-23(2,3)31-21(28)24-14-17-11-9-16(10-12-17)13-19(20(26)27)25-22(29)30-15-18-7-5-4-6-8-18/h4-8,13,16-17H,9-12,14-15H2,1-3H3,(H,24,28)(H,25,29)(H,26,27)/t16-,17-. The van der Waals surface area contributed by atoms with Crippen molar-refractivity contribution in [2.24, 2.45) is 11.8 Å². The molecule has 2 rings (SSSR count). The second-order valence-electron chi connectivity index (χ2n) is 8.74. The zero-order valence-electron chi connectivity index (χ0n) is 18.3. The number of hydrogen-bond donors (Lipinski definition) is 3. The monoisotopic (exact) mass is 432 g/mol. The lowest BCUT2D eigenvalue weighted by Gasteiger charge is -2.28. The molecular weight excluding hydrogens is 400 g/mol. The molecule has 8 nitrogen and oxygen atoms in total. The van der Waals surface area contributed by atoms with Crippen LogP contribution >= 0.6 is 0 Å². The molecule has 0 heterocycles. The van der Waals surface area contributed by atoms with Gasteiger partial charge in [-0.1, -0.05) is 36.4 Å². The van der Waals surface area contributed by atoms with Crippen molar-refractivity contribution in [2.45, 2.75) is 58.7 Å². The molecule has 0 radical (unpaired) electrons. The fraction of sp³-hybridized carbons (Fsp3) is 0.522. The van der Waals surface area contributed by atoms with Crippen LogP contribution in [-0.4, -0.2) is 35.4 Å². The van der Waals surface area contributed by atoms with E-state index in [4.69, 9.17) is 9.47 Å². The van der Waals surface area contributed by atoms with Crippen molar-refractivity contribution in [1.29, 1.82) is 0 Å². The van der Waals surface area contributed by atoms with Crippen LogP contribution in [0.1, 0.15) is 52.0 Å². The summed E-state index contributed by atoms with van der Waals surface area (Å²) in [6.45, 7) is 6.04. The van der Waals surface area contributed by atoms with Crippen LogP contribution in [-0.2, 0) is 20.9 Å². The Kier molecular flexibility index (Phi) is 8.90. The maximum absolute atomic E-state index is 12.0. The highest BCUT2D eigenvalue weighted by molar-refractivity contribution is 5.90. The fourth-order valence-corrected chi connectivity index (χ4v) is 3.37. The minimum absolute atomic E-state index is 0.0401. The highest BCUT2D eigenvalue weighted by Crippen LogP contribution is 2.30. The summed E-state index contributed by atoms with van der Waals surface area (Å²) in [5.74, 6) is -0.849. The Hall–Kier alpha value is -3.03. The number of allylic oxidation sites excluding steroid dienone is 1. The quantitative estimate of drug-likeness (QED) is 0.556. The third kappa shape index (κ3) is 9.55. The molecule has 0 saturated heterocycles. The fourth-order valence-electron chi connectivity index (χ4n) is 3.37. The summed E-state index contributed by atoms with van der Waals surface area (Å²) in [6, 6.07) is 9.16. The van der Waals surface area contributed by atoms with Crippen molar-refractivity contribution >= 4 is 18.2 Å². The molecule has 1 aliphatic rings. The van der Waals surface area contributed by atoms with Gasteiger partial charge >= 0.3 is 18.2 Å². The first kappa shape index (κ1) is 24.2. The predicted molar refractivity (Wildman–Crippen MR) is 115 cm³/mol. The highest BCUT2D eigenvalue weighted by Gasteiger charge is 2.24. The Morgan fingerprint density at radius 2 is 1.71 bits per heavy atom. The Bertz CT molecular complexity index is 777. The van der Waals surface area contributed by atoms with E-state index in [1.807, 2.05) is 51.1 Å². The first-order valence-electron chi connectivity index (χ1n) is 10.5. The van der Waals surface area contributed by atoms with Gasteiger partial charge in [-0.3, -0.25) is 5.32 Å². The van der Waals surface area contributed by atoms with E-state index in [0.29, 0.717) is 12.5 Å². The van der Waals surface area contributed by atoms with Crippen LogP contribution in [0.4, 0.5) is 9.59 Å². The smallest absolute Gasteiger partial charge is 0.412 e. The van der Waals surface area contributed by atoms with Gasteiger partial charge in [-0.15, -0.1) is 0 Å². The number of carboxylic acid groups (broad SMARTS) is 1. The van der Waals surface area contributed by atoms with Gasteiger partial charge in [0, 0.05) is 6.54 Å². The largest absolute Gasteiger partial charge is 0.477 e.